The quantitative estimate of drug-likeness (QED) is 0.704. The molecule has 92 valence electrons. The first-order valence-corrected chi connectivity index (χ1v) is 5.72. The normalized spacial score (nSPS) is 12.9. The maximum atomic E-state index is 4.29. The molecule has 0 bridgehead atoms. The van der Waals surface area contributed by atoms with Crippen molar-refractivity contribution in [3.63, 3.8) is 0 Å². The zero-order valence-corrected chi connectivity index (χ0v) is 9.91. The van der Waals surface area contributed by atoms with E-state index in [0.29, 0.717) is 12.4 Å². The molecule has 0 saturated heterocycles. The molecule has 3 aromatic heterocycles. The molecule has 0 aromatic carbocycles. The molecule has 3 rings (SSSR count). The van der Waals surface area contributed by atoms with E-state index in [1.807, 2.05) is 42.0 Å². The molecule has 7 heteroatoms. The highest BCUT2D eigenvalue weighted by Gasteiger charge is 2.10. The number of fused-ring (bicyclic) bond motifs is 1. The molecule has 1 atom stereocenters. The van der Waals surface area contributed by atoms with Crippen LogP contribution in [-0.2, 0) is 6.54 Å². The van der Waals surface area contributed by atoms with Crippen LogP contribution >= 0.6 is 0 Å². The summed E-state index contributed by atoms with van der Waals surface area (Å²) in [5.74, 6) is 0.659. The van der Waals surface area contributed by atoms with Crippen LogP contribution in [0.1, 0.15) is 24.4 Å². The molecule has 0 spiro atoms. The van der Waals surface area contributed by atoms with Gasteiger partial charge in [0.05, 0.1) is 17.8 Å². The highest BCUT2D eigenvalue weighted by atomic mass is 15.5. The van der Waals surface area contributed by atoms with Crippen molar-refractivity contribution in [3.8, 4) is 0 Å². The molecule has 0 aliphatic rings. The third-order valence-electron chi connectivity index (χ3n) is 2.85. The molecule has 18 heavy (non-hydrogen) atoms. The number of nitrogens with zero attached hydrogens (tertiary/aromatic N) is 5. The van der Waals surface area contributed by atoms with Gasteiger partial charge in [0.25, 0.3) is 0 Å². The zero-order valence-electron chi connectivity index (χ0n) is 9.91. The summed E-state index contributed by atoms with van der Waals surface area (Å²) in [7, 11) is 0. The fraction of sp³-hybridized carbons (Fsp3) is 0.273. The van der Waals surface area contributed by atoms with Gasteiger partial charge in [-0.25, -0.2) is 4.52 Å². The van der Waals surface area contributed by atoms with E-state index in [-0.39, 0.29) is 6.04 Å². The van der Waals surface area contributed by atoms with Gasteiger partial charge in [0, 0.05) is 18.3 Å². The number of tetrazole rings is 1. The first-order chi connectivity index (χ1) is 8.84. The Kier molecular flexibility index (Phi) is 2.73. The van der Waals surface area contributed by atoms with Crippen LogP contribution in [0, 0.1) is 0 Å². The smallest absolute Gasteiger partial charge is 0.191 e. The summed E-state index contributed by atoms with van der Waals surface area (Å²) >= 11 is 0. The fourth-order valence-electron chi connectivity index (χ4n) is 1.83. The van der Waals surface area contributed by atoms with Crippen molar-refractivity contribution in [2.75, 3.05) is 0 Å². The van der Waals surface area contributed by atoms with E-state index in [1.165, 1.54) is 0 Å². The lowest BCUT2D eigenvalue weighted by Crippen LogP contribution is -2.19. The van der Waals surface area contributed by atoms with E-state index in [0.717, 1.165) is 11.1 Å². The van der Waals surface area contributed by atoms with E-state index in [2.05, 4.69) is 31.0 Å². The van der Waals surface area contributed by atoms with E-state index >= 15 is 0 Å². The monoisotopic (exact) mass is 243 g/mol. The average Bonchev–Trinajstić information content (AvgIpc) is 3.06. The summed E-state index contributed by atoms with van der Waals surface area (Å²) in [5, 5.41) is 21.5. The molecular formula is C11H13N7. The minimum atomic E-state index is 0.0439. The average molecular weight is 243 g/mol. The van der Waals surface area contributed by atoms with Crippen molar-refractivity contribution in [3.05, 3.63) is 42.0 Å². The predicted octanol–water partition coefficient (Wildman–Crippen LogP) is 0.698. The molecule has 0 amide bonds. The standard InChI is InChI=1S/C11H13N7/c1-8(11-14-16-17-15-11)12-6-9-7-13-18-5-3-2-4-10(9)18/h2-5,7-8,12H,6H2,1H3,(H,14,15,16,17). The van der Waals surface area contributed by atoms with Gasteiger partial charge in [-0.1, -0.05) is 11.3 Å². The second-order valence-corrected chi connectivity index (χ2v) is 4.07. The molecule has 3 aromatic rings. The highest BCUT2D eigenvalue weighted by Crippen LogP contribution is 2.11. The largest absolute Gasteiger partial charge is 0.303 e. The Morgan fingerprint density at radius 3 is 3.22 bits per heavy atom. The lowest BCUT2D eigenvalue weighted by atomic mass is 10.2. The highest BCUT2D eigenvalue weighted by molar-refractivity contribution is 5.53. The lowest BCUT2D eigenvalue weighted by Gasteiger charge is -2.08. The molecule has 3 heterocycles. The Morgan fingerprint density at radius 2 is 2.39 bits per heavy atom. The van der Waals surface area contributed by atoms with Gasteiger partial charge in [0.2, 0.25) is 0 Å². The fourth-order valence-corrected chi connectivity index (χ4v) is 1.83. The van der Waals surface area contributed by atoms with Crippen molar-refractivity contribution in [1.29, 1.82) is 0 Å². The Balaban J connectivity index is 1.73. The summed E-state index contributed by atoms with van der Waals surface area (Å²) < 4.78 is 1.86. The second-order valence-electron chi connectivity index (χ2n) is 4.07. The number of hydrogen-bond donors (Lipinski definition) is 2. The van der Waals surface area contributed by atoms with Gasteiger partial charge in [0.1, 0.15) is 0 Å². The van der Waals surface area contributed by atoms with Crippen LogP contribution in [0.2, 0.25) is 0 Å². The minimum Gasteiger partial charge on any atom is -0.303 e. The Hall–Kier alpha value is -2.28. The minimum absolute atomic E-state index is 0.0439. The Labute approximate surface area is 103 Å². The predicted molar refractivity (Wildman–Crippen MR) is 64.6 cm³/mol. The number of nitrogens with one attached hydrogen (secondary N) is 2. The van der Waals surface area contributed by atoms with Crippen LogP contribution in [0.25, 0.3) is 5.52 Å². The van der Waals surface area contributed by atoms with Crippen molar-refractivity contribution in [2.24, 2.45) is 0 Å². The van der Waals surface area contributed by atoms with Crippen molar-refractivity contribution >= 4 is 5.52 Å². The Morgan fingerprint density at radius 1 is 1.44 bits per heavy atom. The van der Waals surface area contributed by atoms with Crippen LogP contribution in [0.15, 0.2) is 30.6 Å². The third-order valence-corrected chi connectivity index (χ3v) is 2.85. The number of H-pyrrole nitrogens is 1. The lowest BCUT2D eigenvalue weighted by molar-refractivity contribution is 0.548. The van der Waals surface area contributed by atoms with E-state index in [4.69, 9.17) is 0 Å². The number of rotatable bonds is 4. The summed E-state index contributed by atoms with van der Waals surface area (Å²) in [4.78, 5) is 0. The first kappa shape index (κ1) is 10.8. The summed E-state index contributed by atoms with van der Waals surface area (Å²) in [5.41, 5.74) is 2.25. The van der Waals surface area contributed by atoms with Gasteiger partial charge in [-0.05, 0) is 19.1 Å². The summed E-state index contributed by atoms with van der Waals surface area (Å²) in [6.07, 6.45) is 3.80. The second kappa shape index (κ2) is 4.53. The topological polar surface area (TPSA) is 83.8 Å². The van der Waals surface area contributed by atoms with Gasteiger partial charge < -0.3 is 5.32 Å². The maximum Gasteiger partial charge on any atom is 0.191 e. The molecule has 0 fully saturated rings. The van der Waals surface area contributed by atoms with Crippen LogP contribution in [0.3, 0.4) is 0 Å². The zero-order chi connectivity index (χ0) is 12.4. The molecule has 7 nitrogen and oxygen atoms in total. The van der Waals surface area contributed by atoms with Gasteiger partial charge in [0.15, 0.2) is 5.82 Å². The summed E-state index contributed by atoms with van der Waals surface area (Å²) in [6.45, 7) is 2.71. The van der Waals surface area contributed by atoms with Crippen molar-refractivity contribution < 1.29 is 0 Å². The molecule has 0 aliphatic carbocycles. The molecule has 0 saturated carbocycles. The van der Waals surface area contributed by atoms with Gasteiger partial charge in [-0.2, -0.15) is 10.3 Å². The van der Waals surface area contributed by atoms with Crippen LogP contribution in [0.4, 0.5) is 0 Å². The summed E-state index contributed by atoms with van der Waals surface area (Å²) in [6, 6.07) is 6.05. The SMILES string of the molecule is CC(NCc1cnn2ccccc12)c1nn[nH]n1. The van der Waals surface area contributed by atoms with Crippen molar-refractivity contribution in [1.82, 2.24) is 35.6 Å². The number of aromatic amines is 1. The molecule has 0 aliphatic heterocycles. The van der Waals surface area contributed by atoms with Crippen LogP contribution in [0.5, 0.6) is 0 Å². The maximum absolute atomic E-state index is 4.29. The Bertz CT molecular complexity index is 628. The number of aromatic nitrogens is 6. The van der Waals surface area contributed by atoms with Gasteiger partial charge in [-0.15, -0.1) is 10.2 Å². The molecular weight excluding hydrogens is 230 g/mol. The number of hydrogen-bond acceptors (Lipinski definition) is 5. The van der Waals surface area contributed by atoms with Crippen LogP contribution in [-0.4, -0.2) is 30.2 Å². The number of pyridine rings is 1. The van der Waals surface area contributed by atoms with E-state index in [1.54, 1.807) is 0 Å². The van der Waals surface area contributed by atoms with Gasteiger partial charge >= 0.3 is 0 Å². The van der Waals surface area contributed by atoms with Crippen LogP contribution < -0.4 is 5.32 Å². The third kappa shape index (κ3) is 1.95. The molecule has 0 radical (unpaired) electrons. The van der Waals surface area contributed by atoms with E-state index in [9.17, 15) is 0 Å². The van der Waals surface area contributed by atoms with E-state index < -0.39 is 0 Å². The van der Waals surface area contributed by atoms with Crippen molar-refractivity contribution in [2.45, 2.75) is 19.5 Å². The first-order valence-electron chi connectivity index (χ1n) is 5.72. The molecule has 2 N–H and O–H groups in total. The molecule has 1 unspecified atom stereocenters. The van der Waals surface area contributed by atoms with Gasteiger partial charge in [-0.3, -0.25) is 0 Å².